The van der Waals surface area contributed by atoms with E-state index in [-0.39, 0.29) is 23.8 Å². The monoisotopic (exact) mass is 304 g/mol. The molecular formula is C17H24N2O3. The Morgan fingerprint density at radius 3 is 2.59 bits per heavy atom. The molecule has 0 spiro atoms. The van der Waals surface area contributed by atoms with Gasteiger partial charge in [0.15, 0.2) is 0 Å². The second-order valence-electron chi connectivity index (χ2n) is 7.05. The first-order chi connectivity index (χ1) is 10.2. The molecule has 1 aromatic carbocycles. The molecule has 1 atom stereocenters. The number of fused-ring (bicyclic) bond motifs is 1. The summed E-state index contributed by atoms with van der Waals surface area (Å²) in [5.41, 5.74) is 1.12. The Morgan fingerprint density at radius 2 is 2.00 bits per heavy atom. The Bertz CT molecular complexity index is 588. The molecule has 1 aliphatic rings. The van der Waals surface area contributed by atoms with Crippen LogP contribution in [0.5, 0.6) is 5.75 Å². The highest BCUT2D eigenvalue weighted by atomic mass is 16.5. The highest BCUT2D eigenvalue weighted by Gasteiger charge is 2.27. The van der Waals surface area contributed by atoms with Crippen LogP contribution in [0.1, 0.15) is 40.2 Å². The van der Waals surface area contributed by atoms with E-state index in [0.29, 0.717) is 12.3 Å². The van der Waals surface area contributed by atoms with Gasteiger partial charge in [0.1, 0.15) is 5.75 Å². The van der Waals surface area contributed by atoms with Crippen LogP contribution < -0.4 is 15.4 Å². The number of benzene rings is 1. The Balaban J connectivity index is 2.20. The van der Waals surface area contributed by atoms with Crippen LogP contribution in [0, 0.1) is 11.3 Å². The molecule has 1 aromatic rings. The molecule has 1 unspecified atom stereocenters. The number of ether oxygens (including phenoxy) is 1. The number of rotatable bonds is 2. The molecule has 0 fully saturated rings. The van der Waals surface area contributed by atoms with Crippen LogP contribution in [-0.2, 0) is 16.1 Å². The minimum atomic E-state index is -0.554. The Morgan fingerprint density at radius 1 is 1.32 bits per heavy atom. The largest absolute Gasteiger partial charge is 0.426 e. The summed E-state index contributed by atoms with van der Waals surface area (Å²) in [4.78, 5) is 24.1. The van der Waals surface area contributed by atoms with E-state index >= 15 is 0 Å². The van der Waals surface area contributed by atoms with Gasteiger partial charge in [-0.05, 0) is 50.5 Å². The summed E-state index contributed by atoms with van der Waals surface area (Å²) in [6.07, 6.45) is 0. The van der Waals surface area contributed by atoms with Gasteiger partial charge in [-0.25, -0.2) is 0 Å². The molecule has 2 rings (SSSR count). The molecule has 1 heterocycles. The van der Waals surface area contributed by atoms with Crippen molar-refractivity contribution in [2.24, 2.45) is 11.3 Å². The minimum absolute atomic E-state index is 0.0341. The van der Waals surface area contributed by atoms with Crippen LogP contribution in [-0.4, -0.2) is 17.9 Å². The van der Waals surface area contributed by atoms with Crippen molar-refractivity contribution in [1.82, 2.24) is 5.32 Å². The molecule has 0 saturated carbocycles. The van der Waals surface area contributed by atoms with Crippen LogP contribution >= 0.6 is 0 Å². The predicted octanol–water partition coefficient (Wildman–Crippen LogP) is 2.70. The fraction of sp³-hybridized carbons (Fsp3) is 0.529. The van der Waals surface area contributed by atoms with E-state index in [1.165, 1.54) is 0 Å². The molecule has 0 radical (unpaired) electrons. The standard InChI is InChI=1S/C17H24N2O3/c1-10(2)14-15(20)19-13-7-6-12(8-11(13)9-18-14)22-16(21)17(3,4)5/h6-8,10,14,18H,9H2,1-5H3,(H,19,20). The maximum absolute atomic E-state index is 12.2. The molecule has 0 bridgehead atoms. The van der Waals surface area contributed by atoms with Gasteiger partial charge in [0, 0.05) is 12.2 Å². The van der Waals surface area contributed by atoms with Crippen LogP contribution in [0.3, 0.4) is 0 Å². The zero-order valence-electron chi connectivity index (χ0n) is 13.8. The van der Waals surface area contributed by atoms with Crippen molar-refractivity contribution < 1.29 is 14.3 Å². The van der Waals surface area contributed by atoms with Crippen molar-refractivity contribution in [3.8, 4) is 5.75 Å². The maximum Gasteiger partial charge on any atom is 0.316 e. The third-order valence-electron chi connectivity index (χ3n) is 3.62. The van der Waals surface area contributed by atoms with Crippen LogP contribution in [0.15, 0.2) is 18.2 Å². The molecule has 0 aromatic heterocycles. The number of esters is 1. The predicted molar refractivity (Wildman–Crippen MR) is 85.6 cm³/mol. The summed E-state index contributed by atoms with van der Waals surface area (Å²) in [5.74, 6) is 0.386. The Hall–Kier alpha value is -1.88. The maximum atomic E-state index is 12.2. The minimum Gasteiger partial charge on any atom is -0.426 e. The smallest absolute Gasteiger partial charge is 0.316 e. The number of hydrogen-bond donors (Lipinski definition) is 2. The van der Waals surface area contributed by atoms with Crippen molar-refractivity contribution in [3.05, 3.63) is 23.8 Å². The van der Waals surface area contributed by atoms with E-state index in [2.05, 4.69) is 10.6 Å². The molecule has 2 N–H and O–H groups in total. The van der Waals surface area contributed by atoms with E-state index in [1.807, 2.05) is 34.6 Å². The Labute approximate surface area is 131 Å². The topological polar surface area (TPSA) is 67.4 Å². The van der Waals surface area contributed by atoms with Gasteiger partial charge < -0.3 is 15.4 Å². The van der Waals surface area contributed by atoms with Crippen molar-refractivity contribution in [3.63, 3.8) is 0 Å². The summed E-state index contributed by atoms with van der Waals surface area (Å²) in [7, 11) is 0. The molecule has 22 heavy (non-hydrogen) atoms. The highest BCUT2D eigenvalue weighted by Crippen LogP contribution is 2.27. The van der Waals surface area contributed by atoms with Crippen LogP contribution in [0.25, 0.3) is 0 Å². The summed E-state index contributed by atoms with van der Waals surface area (Å²) in [6, 6.07) is 5.06. The number of hydrogen-bond acceptors (Lipinski definition) is 4. The summed E-state index contributed by atoms with van der Waals surface area (Å²) < 4.78 is 5.41. The van der Waals surface area contributed by atoms with Crippen molar-refractivity contribution in [2.75, 3.05) is 5.32 Å². The first-order valence-electron chi connectivity index (χ1n) is 7.58. The number of nitrogens with one attached hydrogen (secondary N) is 2. The lowest BCUT2D eigenvalue weighted by atomic mass is 9.97. The zero-order chi connectivity index (χ0) is 16.5. The fourth-order valence-corrected chi connectivity index (χ4v) is 2.22. The molecule has 5 heteroatoms. The number of anilines is 1. The Kier molecular flexibility index (Phi) is 4.56. The number of carbonyl (C=O) groups excluding carboxylic acids is 2. The molecule has 1 aliphatic heterocycles. The highest BCUT2D eigenvalue weighted by molar-refractivity contribution is 5.96. The summed E-state index contributed by atoms with van der Waals surface area (Å²) in [5, 5.41) is 6.17. The lowest BCUT2D eigenvalue weighted by Crippen LogP contribution is -2.41. The van der Waals surface area contributed by atoms with Gasteiger partial charge in [0.2, 0.25) is 5.91 Å². The van der Waals surface area contributed by atoms with Gasteiger partial charge >= 0.3 is 5.97 Å². The lowest BCUT2D eigenvalue weighted by Gasteiger charge is -2.17. The summed E-state index contributed by atoms with van der Waals surface area (Å²) in [6.45, 7) is 10.0. The van der Waals surface area contributed by atoms with Gasteiger partial charge in [-0.3, -0.25) is 9.59 Å². The molecule has 5 nitrogen and oxygen atoms in total. The van der Waals surface area contributed by atoms with Gasteiger partial charge in [-0.15, -0.1) is 0 Å². The quantitative estimate of drug-likeness (QED) is 0.651. The molecule has 0 saturated heterocycles. The van der Waals surface area contributed by atoms with Gasteiger partial charge in [-0.2, -0.15) is 0 Å². The first-order valence-corrected chi connectivity index (χ1v) is 7.58. The lowest BCUT2D eigenvalue weighted by molar-refractivity contribution is -0.143. The van der Waals surface area contributed by atoms with Gasteiger partial charge in [0.25, 0.3) is 0 Å². The van der Waals surface area contributed by atoms with Crippen LogP contribution in [0.2, 0.25) is 0 Å². The first kappa shape index (κ1) is 16.5. The second-order valence-corrected chi connectivity index (χ2v) is 7.05. The molecular weight excluding hydrogens is 280 g/mol. The van der Waals surface area contributed by atoms with Gasteiger partial charge in [0.05, 0.1) is 11.5 Å². The van der Waals surface area contributed by atoms with Crippen LogP contribution in [0.4, 0.5) is 5.69 Å². The third-order valence-corrected chi connectivity index (χ3v) is 3.62. The van der Waals surface area contributed by atoms with E-state index < -0.39 is 5.41 Å². The number of amides is 1. The van der Waals surface area contributed by atoms with E-state index in [0.717, 1.165) is 11.3 Å². The van der Waals surface area contributed by atoms with Crippen molar-refractivity contribution >= 4 is 17.6 Å². The molecule has 120 valence electrons. The van der Waals surface area contributed by atoms with E-state index in [1.54, 1.807) is 18.2 Å². The van der Waals surface area contributed by atoms with E-state index in [9.17, 15) is 9.59 Å². The average molecular weight is 304 g/mol. The van der Waals surface area contributed by atoms with E-state index in [4.69, 9.17) is 4.74 Å². The fourth-order valence-electron chi connectivity index (χ4n) is 2.22. The second kappa shape index (κ2) is 6.08. The zero-order valence-corrected chi connectivity index (χ0v) is 13.8. The SMILES string of the molecule is CC(C)C1NCc2cc(OC(=O)C(C)(C)C)ccc2NC1=O. The van der Waals surface area contributed by atoms with Crippen molar-refractivity contribution in [2.45, 2.75) is 47.2 Å². The average Bonchev–Trinajstić information content (AvgIpc) is 2.55. The van der Waals surface area contributed by atoms with Gasteiger partial charge in [-0.1, -0.05) is 13.8 Å². The number of carbonyl (C=O) groups is 2. The molecule has 1 amide bonds. The normalized spacial score (nSPS) is 18.5. The third kappa shape index (κ3) is 3.65. The molecule has 0 aliphatic carbocycles. The summed E-state index contributed by atoms with van der Waals surface area (Å²) >= 11 is 0. The van der Waals surface area contributed by atoms with Crippen molar-refractivity contribution in [1.29, 1.82) is 0 Å².